The van der Waals surface area contributed by atoms with Gasteiger partial charge in [0.25, 0.3) is 0 Å². The third kappa shape index (κ3) is 4.86. The van der Waals surface area contributed by atoms with Gasteiger partial charge in [0, 0.05) is 24.5 Å². The van der Waals surface area contributed by atoms with Crippen molar-refractivity contribution in [2.45, 2.75) is 25.6 Å². The molecule has 1 aromatic heterocycles. The van der Waals surface area contributed by atoms with E-state index >= 15 is 0 Å². The van der Waals surface area contributed by atoms with Gasteiger partial charge in [-0.3, -0.25) is 4.79 Å². The summed E-state index contributed by atoms with van der Waals surface area (Å²) in [5, 5.41) is 12.4. The summed E-state index contributed by atoms with van der Waals surface area (Å²) in [7, 11) is 0. The first-order chi connectivity index (χ1) is 16.8. The van der Waals surface area contributed by atoms with Crippen LogP contribution in [-0.2, 0) is 15.7 Å². The van der Waals surface area contributed by atoms with Crippen molar-refractivity contribution < 1.29 is 22.7 Å². The van der Waals surface area contributed by atoms with Gasteiger partial charge in [0.2, 0.25) is 5.91 Å². The fraction of sp³-hybridized carbons (Fsp3) is 0.346. The number of halogens is 3. The van der Waals surface area contributed by atoms with Gasteiger partial charge in [-0.05, 0) is 54.3 Å². The predicted octanol–water partition coefficient (Wildman–Crippen LogP) is 5.08. The van der Waals surface area contributed by atoms with Crippen LogP contribution in [0, 0.1) is 5.92 Å². The summed E-state index contributed by atoms with van der Waals surface area (Å²) in [5.41, 5.74) is 3.41. The van der Waals surface area contributed by atoms with E-state index in [9.17, 15) is 18.0 Å². The summed E-state index contributed by atoms with van der Waals surface area (Å²) >= 11 is 0. The Morgan fingerprint density at radius 3 is 2.71 bits per heavy atom. The summed E-state index contributed by atoms with van der Waals surface area (Å²) in [4.78, 5) is 14.3. The monoisotopic (exact) mass is 482 g/mol. The second-order valence-electron chi connectivity index (χ2n) is 8.98. The highest BCUT2D eigenvalue weighted by molar-refractivity contribution is 5.93. The molecule has 3 aromatic rings. The molecule has 5 rings (SSSR count). The molecule has 6 nitrogen and oxygen atoms in total. The molecule has 1 amide bonds. The van der Waals surface area contributed by atoms with Crippen LogP contribution in [0.25, 0.3) is 16.5 Å². The van der Waals surface area contributed by atoms with Crippen LogP contribution in [0.3, 0.4) is 0 Å². The van der Waals surface area contributed by atoms with Crippen molar-refractivity contribution in [2.75, 3.05) is 31.6 Å². The Morgan fingerprint density at radius 1 is 1.20 bits per heavy atom. The first-order valence-electron chi connectivity index (χ1n) is 11.5. The number of carbonyl (C=O) groups is 1. The van der Waals surface area contributed by atoms with Gasteiger partial charge in [0.1, 0.15) is 0 Å². The minimum Gasteiger partial charge on any atom is -0.380 e. The number of carbonyl (C=O) groups excluding carboxylic acids is 1. The number of aromatic nitrogens is 2. The number of alkyl halides is 3. The molecule has 1 atom stereocenters. The first-order valence-corrected chi connectivity index (χ1v) is 11.5. The van der Waals surface area contributed by atoms with Gasteiger partial charge in [-0.2, -0.15) is 23.4 Å². The van der Waals surface area contributed by atoms with Gasteiger partial charge >= 0.3 is 6.18 Å². The number of nitrogens with one attached hydrogen (secondary N) is 1. The summed E-state index contributed by atoms with van der Waals surface area (Å²) in [5.74, 6) is 0.132. The number of benzene rings is 2. The van der Waals surface area contributed by atoms with Gasteiger partial charge in [-0.15, -0.1) is 0 Å². The lowest BCUT2D eigenvalue weighted by atomic mass is 9.96. The maximum Gasteiger partial charge on any atom is 0.416 e. The molecule has 0 aliphatic carbocycles. The molecule has 182 valence electrons. The number of hydrogen-bond acceptors (Lipinski definition) is 5. The Bertz CT molecular complexity index is 1290. The van der Waals surface area contributed by atoms with Crippen molar-refractivity contribution in [3.8, 4) is 0 Å². The van der Waals surface area contributed by atoms with E-state index in [4.69, 9.17) is 4.74 Å². The standard InChI is InChI=1S/C26H25F3N4O2/c1-16(18-3-2-4-21(11-18)26(27,28)29)31-24-13-30-32-23-6-5-19(12-22(23)24)17-7-9-33(10-8-17)25(34)20-14-35-15-20/h2-7,11-13,16,20H,8-10,14-15H2,1H3,(H,31,32)/t16-/m1/s1. The maximum absolute atomic E-state index is 13.1. The van der Waals surface area contributed by atoms with Crippen molar-refractivity contribution in [1.82, 2.24) is 15.1 Å². The van der Waals surface area contributed by atoms with E-state index < -0.39 is 11.7 Å². The normalized spacial score (nSPS) is 17.6. The number of amides is 1. The van der Waals surface area contributed by atoms with Gasteiger partial charge < -0.3 is 15.0 Å². The Hall–Kier alpha value is -3.46. The molecule has 2 aliphatic heterocycles. The number of rotatable bonds is 5. The van der Waals surface area contributed by atoms with E-state index in [0.29, 0.717) is 43.1 Å². The third-order valence-corrected chi connectivity index (χ3v) is 6.60. The second kappa shape index (κ2) is 9.30. The molecule has 0 saturated carbocycles. The van der Waals surface area contributed by atoms with Crippen LogP contribution in [0.2, 0.25) is 0 Å². The number of hydrogen-bond donors (Lipinski definition) is 1. The van der Waals surface area contributed by atoms with E-state index in [0.717, 1.165) is 35.1 Å². The van der Waals surface area contributed by atoms with Gasteiger partial charge in [0.05, 0.1) is 42.1 Å². The molecule has 0 unspecified atom stereocenters. The molecule has 0 bridgehead atoms. The molecule has 3 heterocycles. The van der Waals surface area contributed by atoms with E-state index in [-0.39, 0.29) is 17.9 Å². The number of fused-ring (bicyclic) bond motifs is 1. The highest BCUT2D eigenvalue weighted by Crippen LogP contribution is 2.33. The molecule has 1 fully saturated rings. The molecule has 2 aromatic carbocycles. The first kappa shape index (κ1) is 23.3. The Labute approximate surface area is 200 Å². The minimum atomic E-state index is -4.39. The van der Waals surface area contributed by atoms with Crippen LogP contribution >= 0.6 is 0 Å². The van der Waals surface area contributed by atoms with Crippen molar-refractivity contribution in [1.29, 1.82) is 0 Å². The lowest BCUT2D eigenvalue weighted by molar-refractivity contribution is -0.149. The maximum atomic E-state index is 13.1. The largest absolute Gasteiger partial charge is 0.416 e. The quantitative estimate of drug-likeness (QED) is 0.549. The number of anilines is 1. The zero-order valence-corrected chi connectivity index (χ0v) is 19.2. The molecule has 35 heavy (non-hydrogen) atoms. The van der Waals surface area contributed by atoms with E-state index in [1.807, 2.05) is 30.0 Å². The molecule has 0 radical (unpaired) electrons. The lowest BCUT2D eigenvalue weighted by Gasteiger charge is -2.33. The fourth-order valence-corrected chi connectivity index (χ4v) is 4.44. The lowest BCUT2D eigenvalue weighted by Crippen LogP contribution is -2.46. The van der Waals surface area contributed by atoms with Crippen LogP contribution in [-0.4, -0.2) is 47.3 Å². The zero-order valence-electron chi connectivity index (χ0n) is 19.2. The van der Waals surface area contributed by atoms with Crippen molar-refractivity contribution in [2.24, 2.45) is 5.92 Å². The zero-order chi connectivity index (χ0) is 24.6. The highest BCUT2D eigenvalue weighted by atomic mass is 19.4. The van der Waals surface area contributed by atoms with E-state index in [1.54, 1.807) is 12.3 Å². The van der Waals surface area contributed by atoms with Crippen molar-refractivity contribution in [3.63, 3.8) is 0 Å². The minimum absolute atomic E-state index is 0.0170. The SMILES string of the molecule is C[C@@H](Nc1cnnc2ccc(C3=CCN(C(=O)C4COC4)CC3)cc12)c1cccc(C(F)(F)F)c1. The Morgan fingerprint density at radius 2 is 2.03 bits per heavy atom. The summed E-state index contributed by atoms with van der Waals surface area (Å²) in [6, 6.07) is 10.8. The Kier molecular flexibility index (Phi) is 6.19. The number of ether oxygens (including phenoxy) is 1. The predicted molar refractivity (Wildman–Crippen MR) is 127 cm³/mol. The fourth-order valence-electron chi connectivity index (χ4n) is 4.44. The van der Waals surface area contributed by atoms with E-state index in [1.165, 1.54) is 6.07 Å². The third-order valence-electron chi connectivity index (χ3n) is 6.60. The van der Waals surface area contributed by atoms with Crippen LogP contribution < -0.4 is 5.32 Å². The van der Waals surface area contributed by atoms with Crippen molar-refractivity contribution in [3.05, 3.63) is 71.4 Å². The van der Waals surface area contributed by atoms with Crippen molar-refractivity contribution >= 4 is 28.1 Å². The highest BCUT2D eigenvalue weighted by Gasteiger charge is 2.32. The summed E-state index contributed by atoms with van der Waals surface area (Å²) in [6.45, 7) is 4.05. The summed E-state index contributed by atoms with van der Waals surface area (Å²) < 4.78 is 44.6. The smallest absolute Gasteiger partial charge is 0.380 e. The van der Waals surface area contributed by atoms with Crippen LogP contribution in [0.15, 0.2) is 54.7 Å². The molecular weight excluding hydrogens is 457 g/mol. The Balaban J connectivity index is 1.37. The molecule has 0 spiro atoms. The van der Waals surface area contributed by atoms with Crippen LogP contribution in [0.4, 0.5) is 18.9 Å². The molecule has 1 N–H and O–H groups in total. The summed E-state index contributed by atoms with van der Waals surface area (Å²) in [6.07, 6.45) is 0.0174. The van der Waals surface area contributed by atoms with Crippen LogP contribution in [0.1, 0.15) is 36.1 Å². The van der Waals surface area contributed by atoms with Crippen LogP contribution in [0.5, 0.6) is 0 Å². The molecular formula is C26H25F3N4O2. The van der Waals surface area contributed by atoms with E-state index in [2.05, 4.69) is 21.6 Å². The topological polar surface area (TPSA) is 67.4 Å². The average Bonchev–Trinajstić information content (AvgIpc) is 2.82. The number of nitrogens with zero attached hydrogens (tertiary/aromatic N) is 3. The molecule has 1 saturated heterocycles. The molecule has 9 heteroatoms. The van der Waals surface area contributed by atoms with Gasteiger partial charge in [-0.1, -0.05) is 24.3 Å². The molecule has 2 aliphatic rings. The van der Waals surface area contributed by atoms with Gasteiger partial charge in [0.15, 0.2) is 0 Å². The van der Waals surface area contributed by atoms with Gasteiger partial charge in [-0.25, -0.2) is 0 Å². The second-order valence-corrected chi connectivity index (χ2v) is 8.98. The average molecular weight is 483 g/mol.